The van der Waals surface area contributed by atoms with Crippen molar-refractivity contribution in [2.24, 2.45) is 17.8 Å². The smallest absolute Gasteiger partial charge is 0.258 e. The van der Waals surface area contributed by atoms with Crippen molar-refractivity contribution in [3.8, 4) is 5.75 Å². The van der Waals surface area contributed by atoms with Crippen LogP contribution in [-0.2, 0) is 4.79 Å². The van der Waals surface area contributed by atoms with Gasteiger partial charge in [0.2, 0.25) is 5.91 Å². The van der Waals surface area contributed by atoms with Gasteiger partial charge in [0.25, 0.3) is 5.91 Å². The molecule has 3 aliphatic carbocycles. The first kappa shape index (κ1) is 15.5. The van der Waals surface area contributed by atoms with Crippen LogP contribution in [0.3, 0.4) is 0 Å². The Labute approximate surface area is 142 Å². The number of benzene rings is 1. The highest BCUT2D eigenvalue weighted by Crippen LogP contribution is 2.52. The van der Waals surface area contributed by atoms with Crippen LogP contribution in [0.25, 0.3) is 0 Å². The Bertz CT molecular complexity index is 687. The Kier molecular flexibility index (Phi) is 3.55. The molecule has 0 aromatic heterocycles. The Morgan fingerprint density at radius 3 is 2.83 bits per heavy atom. The van der Waals surface area contributed by atoms with Gasteiger partial charge < -0.3 is 15.4 Å². The van der Waals surface area contributed by atoms with Crippen LogP contribution >= 0.6 is 0 Å². The Balaban J connectivity index is 1.58. The standard InChI is InChI=1S/C19H24N2O3/c1-11(2)20-17(22)15-9-13-8-7-12(15)10-19(13)21-18(23)14-5-3-4-6-16(14)24-19/h3-6,11-13,15H,7-10H2,1-2H3,(H,20,22)(H,21,23)/t12-,13-,15+,19+/m1/s1. The first-order valence-electron chi connectivity index (χ1n) is 8.89. The maximum Gasteiger partial charge on any atom is 0.258 e. The van der Waals surface area contributed by atoms with Crippen molar-refractivity contribution in [3.63, 3.8) is 0 Å². The molecule has 1 aromatic rings. The fourth-order valence-corrected chi connectivity index (χ4v) is 4.67. The molecule has 0 radical (unpaired) electrons. The minimum absolute atomic E-state index is 0.0365. The number of ether oxygens (including phenoxy) is 1. The van der Waals surface area contributed by atoms with Gasteiger partial charge in [-0.3, -0.25) is 9.59 Å². The second kappa shape index (κ2) is 5.50. The van der Waals surface area contributed by atoms with Crippen LogP contribution in [0.4, 0.5) is 0 Å². The van der Waals surface area contributed by atoms with E-state index in [0.717, 1.165) is 19.3 Å². The second-order valence-corrected chi connectivity index (χ2v) is 7.69. The number of fused-ring (bicyclic) bond motifs is 3. The predicted molar refractivity (Wildman–Crippen MR) is 89.5 cm³/mol. The zero-order valence-electron chi connectivity index (χ0n) is 14.2. The van der Waals surface area contributed by atoms with E-state index in [1.54, 1.807) is 6.07 Å². The number of hydrogen-bond acceptors (Lipinski definition) is 3. The molecular weight excluding hydrogens is 304 g/mol. The van der Waals surface area contributed by atoms with Crippen molar-refractivity contribution in [2.75, 3.05) is 0 Å². The molecule has 0 saturated heterocycles. The fraction of sp³-hybridized carbons (Fsp3) is 0.579. The van der Waals surface area contributed by atoms with Gasteiger partial charge in [0.05, 0.1) is 5.56 Å². The van der Waals surface area contributed by atoms with E-state index in [2.05, 4.69) is 10.6 Å². The molecule has 24 heavy (non-hydrogen) atoms. The molecule has 1 aromatic carbocycles. The third-order valence-electron chi connectivity index (χ3n) is 5.73. The summed E-state index contributed by atoms with van der Waals surface area (Å²) in [5.74, 6) is 1.23. The van der Waals surface area contributed by atoms with Crippen LogP contribution in [0.15, 0.2) is 24.3 Å². The lowest BCUT2D eigenvalue weighted by molar-refractivity contribution is -0.147. The number of para-hydroxylation sites is 1. The average molecular weight is 328 g/mol. The molecule has 2 amide bonds. The van der Waals surface area contributed by atoms with Crippen LogP contribution in [-0.4, -0.2) is 23.6 Å². The SMILES string of the molecule is CC(C)NC(=O)[C@H]1C[C@H]2CC[C@@H]1C[C@@]21NC(=O)c2ccccc2O1. The quantitative estimate of drug-likeness (QED) is 0.876. The highest BCUT2D eigenvalue weighted by molar-refractivity contribution is 5.98. The summed E-state index contributed by atoms with van der Waals surface area (Å²) < 4.78 is 6.31. The molecule has 4 aliphatic rings. The summed E-state index contributed by atoms with van der Waals surface area (Å²) in [6, 6.07) is 7.55. The van der Waals surface area contributed by atoms with Crippen molar-refractivity contribution in [1.29, 1.82) is 0 Å². The second-order valence-electron chi connectivity index (χ2n) is 7.69. The van der Waals surface area contributed by atoms with Crippen molar-refractivity contribution >= 4 is 11.8 Å². The number of carbonyl (C=O) groups excluding carboxylic acids is 2. The molecule has 1 spiro atoms. The van der Waals surface area contributed by atoms with Gasteiger partial charge in [-0.2, -0.15) is 0 Å². The third kappa shape index (κ3) is 2.38. The topological polar surface area (TPSA) is 67.4 Å². The van der Waals surface area contributed by atoms with E-state index in [1.807, 2.05) is 32.0 Å². The van der Waals surface area contributed by atoms with Gasteiger partial charge in [0.1, 0.15) is 5.75 Å². The molecule has 3 fully saturated rings. The number of hydrogen-bond donors (Lipinski definition) is 2. The van der Waals surface area contributed by atoms with Gasteiger partial charge >= 0.3 is 0 Å². The largest absolute Gasteiger partial charge is 0.467 e. The van der Waals surface area contributed by atoms with E-state index in [-0.39, 0.29) is 35.6 Å². The lowest BCUT2D eigenvalue weighted by atomic mass is 9.60. The van der Waals surface area contributed by atoms with Crippen LogP contribution in [0, 0.1) is 17.8 Å². The number of rotatable bonds is 2. The van der Waals surface area contributed by atoms with E-state index in [1.165, 1.54) is 0 Å². The summed E-state index contributed by atoms with van der Waals surface area (Å²) in [4.78, 5) is 25.0. The molecule has 2 N–H and O–H groups in total. The summed E-state index contributed by atoms with van der Waals surface area (Å²) in [5.41, 5.74) is -0.0400. The zero-order chi connectivity index (χ0) is 16.9. The van der Waals surface area contributed by atoms with Crippen molar-refractivity contribution in [2.45, 2.75) is 51.3 Å². The van der Waals surface area contributed by atoms with Gasteiger partial charge in [0, 0.05) is 24.3 Å². The first-order chi connectivity index (χ1) is 11.5. The number of amides is 2. The molecule has 1 aliphatic heterocycles. The van der Waals surface area contributed by atoms with E-state index in [0.29, 0.717) is 17.7 Å². The van der Waals surface area contributed by atoms with Crippen molar-refractivity contribution < 1.29 is 14.3 Å². The number of nitrogens with one attached hydrogen (secondary N) is 2. The molecule has 5 rings (SSSR count). The van der Waals surface area contributed by atoms with Crippen LogP contribution in [0.5, 0.6) is 5.75 Å². The fourth-order valence-electron chi connectivity index (χ4n) is 4.67. The summed E-state index contributed by atoms with van der Waals surface area (Å²) >= 11 is 0. The van der Waals surface area contributed by atoms with Gasteiger partial charge in [-0.1, -0.05) is 12.1 Å². The van der Waals surface area contributed by atoms with Crippen LogP contribution in [0.1, 0.15) is 49.9 Å². The maximum absolute atomic E-state index is 12.5. The zero-order valence-corrected chi connectivity index (χ0v) is 14.2. The summed E-state index contributed by atoms with van der Waals surface area (Å²) in [6.45, 7) is 3.98. The minimum Gasteiger partial charge on any atom is -0.467 e. The van der Waals surface area contributed by atoms with Gasteiger partial charge in [-0.05, 0) is 51.2 Å². The van der Waals surface area contributed by atoms with E-state index in [4.69, 9.17) is 4.74 Å². The van der Waals surface area contributed by atoms with E-state index < -0.39 is 5.72 Å². The first-order valence-corrected chi connectivity index (χ1v) is 8.89. The molecular formula is C19H24N2O3. The monoisotopic (exact) mass is 328 g/mol. The Hall–Kier alpha value is -2.04. The molecule has 2 bridgehead atoms. The predicted octanol–water partition coefficient (Wildman–Crippen LogP) is 2.47. The summed E-state index contributed by atoms with van der Waals surface area (Å²) in [5, 5.41) is 6.17. The number of carbonyl (C=O) groups is 2. The normalized spacial score (nSPS) is 33.8. The highest BCUT2D eigenvalue weighted by atomic mass is 16.5. The van der Waals surface area contributed by atoms with Gasteiger partial charge in [-0.15, -0.1) is 0 Å². The lowest BCUT2D eigenvalue weighted by Crippen LogP contribution is -2.67. The molecule has 5 heteroatoms. The van der Waals surface area contributed by atoms with E-state index >= 15 is 0 Å². The van der Waals surface area contributed by atoms with Crippen molar-refractivity contribution in [1.82, 2.24) is 10.6 Å². The van der Waals surface area contributed by atoms with Crippen LogP contribution in [0.2, 0.25) is 0 Å². The minimum atomic E-state index is -0.636. The molecule has 0 unspecified atom stereocenters. The van der Waals surface area contributed by atoms with E-state index in [9.17, 15) is 9.59 Å². The molecule has 128 valence electrons. The maximum atomic E-state index is 12.5. The highest BCUT2D eigenvalue weighted by Gasteiger charge is 2.57. The molecule has 3 saturated carbocycles. The summed E-state index contributed by atoms with van der Waals surface area (Å²) in [6.07, 6.45) is 3.53. The molecule has 4 atom stereocenters. The average Bonchev–Trinajstić information content (AvgIpc) is 2.54. The van der Waals surface area contributed by atoms with Gasteiger partial charge in [0.15, 0.2) is 5.72 Å². The summed E-state index contributed by atoms with van der Waals surface area (Å²) in [7, 11) is 0. The molecule has 1 heterocycles. The van der Waals surface area contributed by atoms with Gasteiger partial charge in [-0.25, -0.2) is 0 Å². The van der Waals surface area contributed by atoms with Crippen LogP contribution < -0.4 is 15.4 Å². The Morgan fingerprint density at radius 2 is 2.12 bits per heavy atom. The third-order valence-corrected chi connectivity index (χ3v) is 5.73. The Morgan fingerprint density at radius 1 is 1.33 bits per heavy atom. The molecule has 5 nitrogen and oxygen atoms in total. The lowest BCUT2D eigenvalue weighted by Gasteiger charge is -2.55. The van der Waals surface area contributed by atoms with Crippen molar-refractivity contribution in [3.05, 3.63) is 29.8 Å².